The van der Waals surface area contributed by atoms with E-state index in [4.69, 9.17) is 16.9 Å². The highest BCUT2D eigenvalue weighted by molar-refractivity contribution is 6.31. The van der Waals surface area contributed by atoms with E-state index >= 15 is 0 Å². The van der Waals surface area contributed by atoms with Gasteiger partial charge in [-0.1, -0.05) is 23.7 Å². The number of rotatable bonds is 1. The Balaban J connectivity index is 2.56. The van der Waals surface area contributed by atoms with Crippen LogP contribution in [0.15, 0.2) is 36.4 Å². The van der Waals surface area contributed by atoms with Crippen molar-refractivity contribution < 1.29 is 5.11 Å². The summed E-state index contributed by atoms with van der Waals surface area (Å²) in [5, 5.41) is 19.0. The van der Waals surface area contributed by atoms with Gasteiger partial charge in [0, 0.05) is 5.02 Å². The van der Waals surface area contributed by atoms with E-state index in [1.807, 2.05) is 31.2 Å². The smallest absolute Gasteiger partial charge is 0.117 e. The zero-order valence-corrected chi connectivity index (χ0v) is 9.99. The van der Waals surface area contributed by atoms with Crippen LogP contribution >= 0.6 is 11.6 Å². The number of benzene rings is 2. The van der Waals surface area contributed by atoms with E-state index in [0.717, 1.165) is 16.7 Å². The highest BCUT2D eigenvalue weighted by Crippen LogP contribution is 2.28. The quantitative estimate of drug-likeness (QED) is 0.826. The van der Waals surface area contributed by atoms with Crippen LogP contribution in [0.4, 0.5) is 0 Å². The third kappa shape index (κ3) is 2.41. The molecule has 1 N–H and O–H groups in total. The number of aromatic hydroxyl groups is 1. The van der Waals surface area contributed by atoms with Gasteiger partial charge >= 0.3 is 0 Å². The van der Waals surface area contributed by atoms with Crippen LogP contribution in [-0.2, 0) is 0 Å². The first-order valence-electron chi connectivity index (χ1n) is 5.11. The zero-order chi connectivity index (χ0) is 12.4. The fourth-order valence-electron chi connectivity index (χ4n) is 1.61. The lowest BCUT2D eigenvalue weighted by molar-refractivity contribution is 0.475. The third-order valence-electron chi connectivity index (χ3n) is 2.55. The van der Waals surface area contributed by atoms with Gasteiger partial charge in [-0.2, -0.15) is 5.26 Å². The second-order valence-corrected chi connectivity index (χ2v) is 4.25. The molecule has 0 fully saturated rings. The lowest BCUT2D eigenvalue weighted by atomic mass is 10.0. The number of halogens is 1. The summed E-state index contributed by atoms with van der Waals surface area (Å²) in [6.07, 6.45) is 0. The molecule has 0 aliphatic carbocycles. The molecule has 0 heterocycles. The summed E-state index contributed by atoms with van der Waals surface area (Å²) in [6, 6.07) is 12.4. The fourth-order valence-corrected chi connectivity index (χ4v) is 1.80. The van der Waals surface area contributed by atoms with Crippen LogP contribution in [0, 0.1) is 18.3 Å². The van der Waals surface area contributed by atoms with Gasteiger partial charge in [-0.3, -0.25) is 0 Å². The van der Waals surface area contributed by atoms with Gasteiger partial charge in [-0.05, 0) is 47.9 Å². The molecule has 0 radical (unpaired) electrons. The lowest BCUT2D eigenvalue weighted by Gasteiger charge is -2.05. The Bertz CT molecular complexity index is 614. The molecule has 0 bridgehead atoms. The first-order chi connectivity index (χ1) is 8.10. The standard InChI is InChI=1S/C14H10ClNO/c1-9-2-3-11(7-14(9)15)12-4-10(8-16)5-13(17)6-12/h2-7,17H,1H3. The molecular weight excluding hydrogens is 234 g/mol. The highest BCUT2D eigenvalue weighted by Gasteiger charge is 2.04. The second-order valence-electron chi connectivity index (χ2n) is 3.84. The average Bonchev–Trinajstić information content (AvgIpc) is 2.32. The number of phenols is 1. The van der Waals surface area contributed by atoms with E-state index in [9.17, 15) is 5.11 Å². The summed E-state index contributed by atoms with van der Waals surface area (Å²) in [4.78, 5) is 0. The minimum absolute atomic E-state index is 0.0794. The van der Waals surface area contributed by atoms with Gasteiger partial charge in [0.1, 0.15) is 5.75 Å². The molecule has 0 saturated carbocycles. The van der Waals surface area contributed by atoms with Crippen LogP contribution in [0.5, 0.6) is 5.75 Å². The maximum absolute atomic E-state index is 9.53. The van der Waals surface area contributed by atoms with Crippen LogP contribution in [-0.4, -0.2) is 5.11 Å². The Hall–Kier alpha value is -1.98. The number of nitrogens with zero attached hydrogens (tertiary/aromatic N) is 1. The van der Waals surface area contributed by atoms with Gasteiger partial charge < -0.3 is 5.11 Å². The summed E-state index contributed by atoms with van der Waals surface area (Å²) in [5.41, 5.74) is 3.09. The van der Waals surface area contributed by atoms with Gasteiger partial charge in [0.25, 0.3) is 0 Å². The Morgan fingerprint density at radius 1 is 1.12 bits per heavy atom. The lowest BCUT2D eigenvalue weighted by Crippen LogP contribution is -1.83. The molecule has 0 saturated heterocycles. The van der Waals surface area contributed by atoms with E-state index < -0.39 is 0 Å². The number of hydrogen-bond donors (Lipinski definition) is 1. The predicted molar refractivity (Wildman–Crippen MR) is 68.0 cm³/mol. The number of hydrogen-bond acceptors (Lipinski definition) is 2. The van der Waals surface area contributed by atoms with Crippen molar-refractivity contribution in [2.24, 2.45) is 0 Å². The average molecular weight is 244 g/mol. The van der Waals surface area contributed by atoms with E-state index in [2.05, 4.69) is 0 Å². The summed E-state index contributed by atoms with van der Waals surface area (Å²) in [6.45, 7) is 1.93. The molecule has 0 amide bonds. The Morgan fingerprint density at radius 2 is 1.88 bits per heavy atom. The van der Waals surface area contributed by atoms with Crippen molar-refractivity contribution in [1.82, 2.24) is 0 Å². The van der Waals surface area contributed by atoms with Crippen molar-refractivity contribution in [2.45, 2.75) is 6.92 Å². The number of aryl methyl sites for hydroxylation is 1. The molecular formula is C14H10ClNO. The van der Waals surface area contributed by atoms with Crippen molar-refractivity contribution in [1.29, 1.82) is 5.26 Å². The molecule has 0 atom stereocenters. The monoisotopic (exact) mass is 243 g/mol. The van der Waals surface area contributed by atoms with Gasteiger partial charge in [0.2, 0.25) is 0 Å². The van der Waals surface area contributed by atoms with E-state index in [-0.39, 0.29) is 5.75 Å². The molecule has 2 rings (SSSR count). The first kappa shape index (κ1) is 11.5. The normalized spacial score (nSPS) is 9.94. The molecule has 0 unspecified atom stereocenters. The second kappa shape index (κ2) is 4.48. The molecule has 84 valence electrons. The maximum atomic E-state index is 9.53. The third-order valence-corrected chi connectivity index (χ3v) is 2.96. The van der Waals surface area contributed by atoms with E-state index in [0.29, 0.717) is 10.6 Å². The molecule has 2 aromatic carbocycles. The molecule has 0 aromatic heterocycles. The van der Waals surface area contributed by atoms with Gasteiger partial charge in [0.15, 0.2) is 0 Å². The van der Waals surface area contributed by atoms with E-state index in [1.54, 1.807) is 12.1 Å². The van der Waals surface area contributed by atoms with Gasteiger partial charge in [-0.15, -0.1) is 0 Å². The molecule has 2 nitrogen and oxygen atoms in total. The Morgan fingerprint density at radius 3 is 2.53 bits per heavy atom. The fraction of sp³-hybridized carbons (Fsp3) is 0.0714. The molecule has 0 spiro atoms. The van der Waals surface area contributed by atoms with Crippen LogP contribution in [0.2, 0.25) is 5.02 Å². The summed E-state index contributed by atoms with van der Waals surface area (Å²) in [7, 11) is 0. The maximum Gasteiger partial charge on any atom is 0.117 e. The van der Waals surface area contributed by atoms with Gasteiger partial charge in [-0.25, -0.2) is 0 Å². The minimum atomic E-state index is 0.0794. The minimum Gasteiger partial charge on any atom is -0.508 e. The Kier molecular flexibility index (Phi) is 3.03. The predicted octanol–water partition coefficient (Wildman–Crippen LogP) is 3.89. The van der Waals surface area contributed by atoms with Crippen LogP contribution in [0.1, 0.15) is 11.1 Å². The van der Waals surface area contributed by atoms with Crippen molar-refractivity contribution in [2.75, 3.05) is 0 Å². The SMILES string of the molecule is Cc1ccc(-c2cc(O)cc(C#N)c2)cc1Cl. The molecule has 0 aliphatic rings. The summed E-state index contributed by atoms with van der Waals surface area (Å²) in [5.74, 6) is 0.0794. The van der Waals surface area contributed by atoms with Crippen molar-refractivity contribution in [3.63, 3.8) is 0 Å². The van der Waals surface area contributed by atoms with Gasteiger partial charge in [0.05, 0.1) is 11.6 Å². The molecule has 0 aliphatic heterocycles. The first-order valence-corrected chi connectivity index (χ1v) is 5.48. The van der Waals surface area contributed by atoms with E-state index in [1.165, 1.54) is 6.07 Å². The van der Waals surface area contributed by atoms with Crippen molar-refractivity contribution in [3.8, 4) is 22.9 Å². The number of phenolic OH excluding ortho intramolecular Hbond substituents is 1. The van der Waals surface area contributed by atoms with Crippen LogP contribution in [0.25, 0.3) is 11.1 Å². The molecule has 2 aromatic rings. The summed E-state index contributed by atoms with van der Waals surface area (Å²) >= 11 is 6.05. The number of nitriles is 1. The van der Waals surface area contributed by atoms with Crippen LogP contribution in [0.3, 0.4) is 0 Å². The van der Waals surface area contributed by atoms with Crippen molar-refractivity contribution >= 4 is 11.6 Å². The largest absolute Gasteiger partial charge is 0.508 e. The molecule has 3 heteroatoms. The summed E-state index contributed by atoms with van der Waals surface area (Å²) < 4.78 is 0. The molecule has 17 heavy (non-hydrogen) atoms. The highest BCUT2D eigenvalue weighted by atomic mass is 35.5. The zero-order valence-electron chi connectivity index (χ0n) is 9.24. The van der Waals surface area contributed by atoms with Crippen molar-refractivity contribution in [3.05, 3.63) is 52.5 Å². The van der Waals surface area contributed by atoms with Crippen LogP contribution < -0.4 is 0 Å². The Labute approximate surface area is 105 Å². The topological polar surface area (TPSA) is 44.0 Å².